The van der Waals surface area contributed by atoms with Crippen LogP contribution in [0, 0.1) is 0 Å². The second-order valence-corrected chi connectivity index (χ2v) is 5.44. The Kier molecular flexibility index (Phi) is 3.53. The number of hydrogen-bond acceptors (Lipinski definition) is 4. The maximum Gasteiger partial charge on any atom is 0.355 e. The molecule has 0 radical (unpaired) electrons. The van der Waals surface area contributed by atoms with Crippen LogP contribution < -0.4 is 0 Å². The van der Waals surface area contributed by atoms with Crippen molar-refractivity contribution in [3.8, 4) is 0 Å². The van der Waals surface area contributed by atoms with E-state index in [9.17, 15) is 9.59 Å². The Morgan fingerprint density at radius 3 is 2.45 bits per heavy atom. The fourth-order valence-electron chi connectivity index (χ4n) is 1.89. The van der Waals surface area contributed by atoms with E-state index in [1.165, 1.54) is 7.11 Å². The fourth-order valence-corrected chi connectivity index (χ4v) is 1.89. The van der Waals surface area contributed by atoms with Crippen LogP contribution in [-0.2, 0) is 9.47 Å². The molecule has 0 amide bonds. The van der Waals surface area contributed by atoms with E-state index in [2.05, 4.69) is 4.98 Å². The van der Waals surface area contributed by atoms with Gasteiger partial charge in [-0.1, -0.05) is 6.07 Å². The predicted octanol–water partition coefficient (Wildman–Crippen LogP) is 2.91. The third kappa shape index (κ3) is 2.82. The number of rotatable bonds is 2. The van der Waals surface area contributed by atoms with Crippen molar-refractivity contribution in [1.82, 2.24) is 4.98 Å². The SMILES string of the molecule is COC(=O)c1cccc2[nH]c(C(=O)OC(C)(C)C)cc12. The van der Waals surface area contributed by atoms with Crippen molar-refractivity contribution in [2.24, 2.45) is 0 Å². The average Bonchev–Trinajstić information content (AvgIpc) is 2.79. The first-order valence-corrected chi connectivity index (χ1v) is 6.25. The molecule has 106 valence electrons. The first-order valence-electron chi connectivity index (χ1n) is 6.25. The first-order chi connectivity index (χ1) is 9.31. The van der Waals surface area contributed by atoms with Crippen molar-refractivity contribution in [2.45, 2.75) is 26.4 Å². The van der Waals surface area contributed by atoms with Crippen molar-refractivity contribution < 1.29 is 19.1 Å². The molecular weight excluding hydrogens is 258 g/mol. The summed E-state index contributed by atoms with van der Waals surface area (Å²) >= 11 is 0. The second kappa shape index (κ2) is 5.00. The summed E-state index contributed by atoms with van der Waals surface area (Å²) in [7, 11) is 1.32. The lowest BCUT2D eigenvalue weighted by Gasteiger charge is -2.18. The van der Waals surface area contributed by atoms with E-state index in [1.807, 2.05) is 0 Å². The Labute approximate surface area is 116 Å². The van der Waals surface area contributed by atoms with Crippen LogP contribution in [0.4, 0.5) is 0 Å². The maximum absolute atomic E-state index is 12.0. The van der Waals surface area contributed by atoms with Gasteiger partial charge in [0.1, 0.15) is 11.3 Å². The Morgan fingerprint density at radius 2 is 1.85 bits per heavy atom. The van der Waals surface area contributed by atoms with Crippen LogP contribution in [0.2, 0.25) is 0 Å². The topological polar surface area (TPSA) is 68.4 Å². The molecule has 0 saturated carbocycles. The number of nitrogens with one attached hydrogen (secondary N) is 1. The summed E-state index contributed by atoms with van der Waals surface area (Å²) in [5, 5.41) is 0.639. The van der Waals surface area contributed by atoms with E-state index >= 15 is 0 Å². The molecule has 0 saturated heterocycles. The quantitative estimate of drug-likeness (QED) is 0.856. The van der Waals surface area contributed by atoms with Gasteiger partial charge in [-0.3, -0.25) is 0 Å². The van der Waals surface area contributed by atoms with E-state index < -0.39 is 17.5 Å². The van der Waals surface area contributed by atoms with Gasteiger partial charge < -0.3 is 14.5 Å². The maximum atomic E-state index is 12.0. The zero-order valence-electron chi connectivity index (χ0n) is 11.9. The summed E-state index contributed by atoms with van der Waals surface area (Å²) in [6.45, 7) is 5.40. The molecule has 0 atom stereocenters. The molecule has 2 aromatic rings. The van der Waals surface area contributed by atoms with E-state index in [-0.39, 0.29) is 0 Å². The fraction of sp³-hybridized carbons (Fsp3) is 0.333. The smallest absolute Gasteiger partial charge is 0.355 e. The molecule has 0 aliphatic heterocycles. The van der Waals surface area contributed by atoms with Crippen LogP contribution in [-0.4, -0.2) is 29.6 Å². The number of carbonyl (C=O) groups excluding carboxylic acids is 2. The predicted molar refractivity (Wildman–Crippen MR) is 74.8 cm³/mol. The lowest BCUT2D eigenvalue weighted by atomic mass is 10.1. The molecule has 1 heterocycles. The van der Waals surface area contributed by atoms with Crippen molar-refractivity contribution in [1.29, 1.82) is 0 Å². The number of benzene rings is 1. The van der Waals surface area contributed by atoms with Crippen molar-refractivity contribution in [3.63, 3.8) is 0 Å². The minimum atomic E-state index is -0.570. The molecule has 0 spiro atoms. The number of hydrogen-bond donors (Lipinski definition) is 1. The Hall–Kier alpha value is -2.30. The van der Waals surface area contributed by atoms with E-state index in [0.29, 0.717) is 22.2 Å². The number of methoxy groups -OCH3 is 1. The highest BCUT2D eigenvalue weighted by Gasteiger charge is 2.21. The van der Waals surface area contributed by atoms with Gasteiger partial charge >= 0.3 is 11.9 Å². The monoisotopic (exact) mass is 275 g/mol. The van der Waals surface area contributed by atoms with Crippen LogP contribution in [0.15, 0.2) is 24.3 Å². The van der Waals surface area contributed by atoms with Crippen molar-refractivity contribution >= 4 is 22.8 Å². The largest absolute Gasteiger partial charge is 0.465 e. The van der Waals surface area contributed by atoms with Crippen LogP contribution in [0.25, 0.3) is 10.9 Å². The minimum absolute atomic E-state index is 0.311. The van der Waals surface area contributed by atoms with Gasteiger partial charge in [-0.2, -0.15) is 0 Å². The molecule has 20 heavy (non-hydrogen) atoms. The molecule has 1 aromatic carbocycles. The van der Waals surface area contributed by atoms with Gasteiger partial charge in [-0.15, -0.1) is 0 Å². The molecule has 0 unspecified atom stereocenters. The molecule has 0 fully saturated rings. The van der Waals surface area contributed by atoms with E-state index in [4.69, 9.17) is 9.47 Å². The highest BCUT2D eigenvalue weighted by Crippen LogP contribution is 2.22. The van der Waals surface area contributed by atoms with Gasteiger partial charge in [0, 0.05) is 10.9 Å². The highest BCUT2D eigenvalue weighted by atomic mass is 16.6. The molecule has 0 bridgehead atoms. The van der Waals surface area contributed by atoms with Crippen LogP contribution in [0.3, 0.4) is 0 Å². The molecule has 1 aromatic heterocycles. The lowest BCUT2D eigenvalue weighted by molar-refractivity contribution is 0.00636. The summed E-state index contributed by atoms with van der Waals surface area (Å²) < 4.78 is 10.0. The number of esters is 2. The first kappa shape index (κ1) is 14.1. The number of carbonyl (C=O) groups is 2. The number of aromatic nitrogens is 1. The zero-order valence-corrected chi connectivity index (χ0v) is 11.9. The summed E-state index contributed by atoms with van der Waals surface area (Å²) in [6.07, 6.45) is 0. The highest BCUT2D eigenvalue weighted by molar-refractivity contribution is 6.06. The third-order valence-electron chi connectivity index (χ3n) is 2.69. The Balaban J connectivity index is 2.44. The summed E-state index contributed by atoms with van der Waals surface area (Å²) in [4.78, 5) is 26.6. The zero-order chi connectivity index (χ0) is 14.9. The molecule has 5 heteroatoms. The molecule has 1 N–H and O–H groups in total. The lowest BCUT2D eigenvalue weighted by Crippen LogP contribution is -2.24. The van der Waals surface area contributed by atoms with Gasteiger partial charge in [0.05, 0.1) is 12.7 Å². The third-order valence-corrected chi connectivity index (χ3v) is 2.69. The Bertz CT molecular complexity index is 664. The van der Waals surface area contributed by atoms with E-state index in [1.54, 1.807) is 45.0 Å². The van der Waals surface area contributed by atoms with Gasteiger partial charge in [0.2, 0.25) is 0 Å². The molecule has 0 aliphatic rings. The number of fused-ring (bicyclic) bond motifs is 1. The van der Waals surface area contributed by atoms with Crippen molar-refractivity contribution in [2.75, 3.05) is 7.11 Å². The summed E-state index contributed by atoms with van der Waals surface area (Å²) in [6, 6.07) is 6.77. The molecule has 2 rings (SSSR count). The Morgan fingerprint density at radius 1 is 1.15 bits per heavy atom. The van der Waals surface area contributed by atoms with Gasteiger partial charge in [-0.05, 0) is 39.0 Å². The number of ether oxygens (including phenoxy) is 2. The van der Waals surface area contributed by atoms with Gasteiger partial charge in [-0.25, -0.2) is 9.59 Å². The number of H-pyrrole nitrogens is 1. The standard InChI is InChI=1S/C15H17NO4/c1-15(2,3)20-14(18)12-8-10-9(13(17)19-4)6-5-7-11(10)16-12/h5-8,16H,1-4H3. The summed E-state index contributed by atoms with van der Waals surface area (Å²) in [5.74, 6) is -0.894. The molecule has 0 aliphatic carbocycles. The van der Waals surface area contributed by atoms with Gasteiger partial charge in [0.15, 0.2) is 0 Å². The summed E-state index contributed by atoms with van der Waals surface area (Å²) in [5.41, 5.74) is 0.843. The van der Waals surface area contributed by atoms with Crippen LogP contribution in [0.5, 0.6) is 0 Å². The molecule has 5 nitrogen and oxygen atoms in total. The van der Waals surface area contributed by atoms with Gasteiger partial charge in [0.25, 0.3) is 0 Å². The average molecular weight is 275 g/mol. The molecular formula is C15H17NO4. The normalized spacial score (nSPS) is 11.4. The van der Waals surface area contributed by atoms with Crippen molar-refractivity contribution in [3.05, 3.63) is 35.5 Å². The van der Waals surface area contributed by atoms with Crippen LogP contribution in [0.1, 0.15) is 41.6 Å². The number of aromatic amines is 1. The van der Waals surface area contributed by atoms with Crippen LogP contribution >= 0.6 is 0 Å². The second-order valence-electron chi connectivity index (χ2n) is 5.44. The van der Waals surface area contributed by atoms with E-state index in [0.717, 1.165) is 0 Å². The minimum Gasteiger partial charge on any atom is -0.465 e.